The Morgan fingerprint density at radius 1 is 1.21 bits per heavy atom. The highest BCUT2D eigenvalue weighted by Crippen LogP contribution is 2.34. The first kappa shape index (κ1) is 11.7. The topological polar surface area (TPSA) is 17.1 Å². The molecule has 0 N–H and O–H groups in total. The highest BCUT2D eigenvalue weighted by Gasteiger charge is 2.20. The number of hydrogen-bond donors (Lipinski definition) is 0. The molecule has 1 nitrogen and oxygen atoms in total. The fraction of sp³-hybridized carbons (Fsp3) is 0.923. The summed E-state index contributed by atoms with van der Waals surface area (Å²) in [4.78, 5) is 10.2. The van der Waals surface area contributed by atoms with E-state index in [1.807, 2.05) is 0 Å². The smallest absolute Gasteiger partial charge is 0.119 e. The minimum absolute atomic E-state index is 0.773. The van der Waals surface area contributed by atoms with E-state index in [-0.39, 0.29) is 0 Å². The second-order valence-corrected chi connectivity index (χ2v) is 4.78. The van der Waals surface area contributed by atoms with Gasteiger partial charge in [0.2, 0.25) is 0 Å². The molecule has 0 aromatic rings. The average molecular weight is 196 g/mol. The molecule has 0 saturated heterocycles. The van der Waals surface area contributed by atoms with Crippen molar-refractivity contribution >= 4 is 6.29 Å². The lowest BCUT2D eigenvalue weighted by Gasteiger charge is -2.28. The Kier molecular flexibility index (Phi) is 5.89. The molecule has 2 unspecified atom stereocenters. The van der Waals surface area contributed by atoms with Crippen LogP contribution in [0.15, 0.2) is 0 Å². The van der Waals surface area contributed by atoms with Crippen LogP contribution < -0.4 is 0 Å². The molecule has 1 heteroatoms. The second-order valence-electron chi connectivity index (χ2n) is 4.78. The predicted molar refractivity (Wildman–Crippen MR) is 60.3 cm³/mol. The minimum atomic E-state index is 0.773. The largest absolute Gasteiger partial charge is 0.303 e. The molecule has 1 saturated carbocycles. The van der Waals surface area contributed by atoms with Crippen LogP contribution in [-0.2, 0) is 4.79 Å². The van der Waals surface area contributed by atoms with Crippen molar-refractivity contribution in [2.45, 2.75) is 64.7 Å². The van der Waals surface area contributed by atoms with Gasteiger partial charge in [-0.05, 0) is 24.7 Å². The molecule has 0 radical (unpaired) electrons. The number of carbonyl (C=O) groups excluding carboxylic acids is 1. The third-order valence-corrected chi connectivity index (χ3v) is 3.52. The molecule has 0 aliphatic heterocycles. The lowest BCUT2D eigenvalue weighted by Crippen LogP contribution is -2.15. The van der Waals surface area contributed by atoms with E-state index in [1.165, 1.54) is 44.9 Å². The maximum Gasteiger partial charge on any atom is 0.119 e. The van der Waals surface area contributed by atoms with E-state index in [0.717, 1.165) is 31.0 Å². The van der Waals surface area contributed by atoms with E-state index < -0.39 is 0 Å². The van der Waals surface area contributed by atoms with Crippen molar-refractivity contribution in [3.63, 3.8) is 0 Å². The lowest BCUT2D eigenvalue weighted by molar-refractivity contribution is -0.108. The molecule has 1 aliphatic rings. The fourth-order valence-electron chi connectivity index (χ4n) is 2.82. The first-order chi connectivity index (χ1) is 6.86. The molecule has 0 bridgehead atoms. The number of unbranched alkanes of at least 4 members (excludes halogenated alkanes) is 1. The average Bonchev–Trinajstić information content (AvgIpc) is 2.19. The van der Waals surface area contributed by atoms with Crippen molar-refractivity contribution in [1.29, 1.82) is 0 Å². The van der Waals surface area contributed by atoms with Gasteiger partial charge in [-0.3, -0.25) is 0 Å². The summed E-state index contributed by atoms with van der Waals surface area (Å²) in [6, 6.07) is 0. The van der Waals surface area contributed by atoms with Crippen LogP contribution in [0, 0.1) is 11.8 Å². The second kappa shape index (κ2) is 7.03. The van der Waals surface area contributed by atoms with Crippen molar-refractivity contribution < 1.29 is 4.79 Å². The summed E-state index contributed by atoms with van der Waals surface area (Å²) in [5.41, 5.74) is 0. The Labute approximate surface area is 88.3 Å². The Balaban J connectivity index is 2.15. The standard InChI is InChI=1S/C13H24O/c1-2-6-12-8-5-9-13(11-12)7-3-4-10-14/h10,12-13H,2-9,11H2,1H3. The van der Waals surface area contributed by atoms with Gasteiger partial charge in [0.05, 0.1) is 0 Å². The summed E-state index contributed by atoms with van der Waals surface area (Å²) in [6.07, 6.45) is 12.7. The van der Waals surface area contributed by atoms with Crippen LogP contribution in [0.25, 0.3) is 0 Å². The summed E-state index contributed by atoms with van der Waals surface area (Å²) in [6.45, 7) is 2.29. The Bertz CT molecular complexity index is 151. The highest BCUT2D eigenvalue weighted by molar-refractivity contribution is 5.48. The Hall–Kier alpha value is -0.330. The highest BCUT2D eigenvalue weighted by atomic mass is 16.1. The first-order valence-corrected chi connectivity index (χ1v) is 6.30. The van der Waals surface area contributed by atoms with E-state index in [9.17, 15) is 4.79 Å². The monoisotopic (exact) mass is 196 g/mol. The molecule has 0 amide bonds. The predicted octanol–water partition coefficient (Wildman–Crippen LogP) is 3.96. The number of hydrogen-bond acceptors (Lipinski definition) is 1. The van der Waals surface area contributed by atoms with Crippen LogP contribution in [0.2, 0.25) is 0 Å². The zero-order valence-corrected chi connectivity index (χ0v) is 9.50. The third-order valence-electron chi connectivity index (χ3n) is 3.52. The van der Waals surface area contributed by atoms with Gasteiger partial charge >= 0.3 is 0 Å². The molecule has 82 valence electrons. The molecule has 0 spiro atoms. The van der Waals surface area contributed by atoms with Crippen molar-refractivity contribution in [3.05, 3.63) is 0 Å². The summed E-state index contributed by atoms with van der Waals surface area (Å²) in [5, 5.41) is 0. The molecular formula is C13H24O. The van der Waals surface area contributed by atoms with Gasteiger partial charge in [0.25, 0.3) is 0 Å². The number of rotatable bonds is 6. The van der Waals surface area contributed by atoms with Crippen LogP contribution in [0.4, 0.5) is 0 Å². The van der Waals surface area contributed by atoms with E-state index in [2.05, 4.69) is 6.92 Å². The molecule has 1 fully saturated rings. The zero-order chi connectivity index (χ0) is 10.2. The minimum Gasteiger partial charge on any atom is -0.303 e. The summed E-state index contributed by atoms with van der Waals surface area (Å²) in [5.74, 6) is 1.93. The quantitative estimate of drug-likeness (QED) is 0.464. The summed E-state index contributed by atoms with van der Waals surface area (Å²) in [7, 11) is 0. The van der Waals surface area contributed by atoms with Crippen LogP contribution in [-0.4, -0.2) is 6.29 Å². The van der Waals surface area contributed by atoms with E-state index >= 15 is 0 Å². The van der Waals surface area contributed by atoms with Gasteiger partial charge in [-0.1, -0.05) is 45.4 Å². The SMILES string of the molecule is CCCC1CCCC(CCCC=O)C1. The van der Waals surface area contributed by atoms with E-state index in [4.69, 9.17) is 0 Å². The van der Waals surface area contributed by atoms with Gasteiger partial charge in [0, 0.05) is 6.42 Å². The maximum atomic E-state index is 10.2. The van der Waals surface area contributed by atoms with Crippen LogP contribution in [0.1, 0.15) is 64.7 Å². The van der Waals surface area contributed by atoms with Crippen molar-refractivity contribution in [1.82, 2.24) is 0 Å². The Morgan fingerprint density at radius 2 is 1.93 bits per heavy atom. The summed E-state index contributed by atoms with van der Waals surface area (Å²) < 4.78 is 0. The zero-order valence-electron chi connectivity index (χ0n) is 9.50. The summed E-state index contributed by atoms with van der Waals surface area (Å²) >= 11 is 0. The van der Waals surface area contributed by atoms with E-state index in [0.29, 0.717) is 0 Å². The number of aldehydes is 1. The normalized spacial score (nSPS) is 27.5. The molecule has 14 heavy (non-hydrogen) atoms. The number of carbonyl (C=O) groups is 1. The van der Waals surface area contributed by atoms with Crippen molar-refractivity contribution in [2.75, 3.05) is 0 Å². The van der Waals surface area contributed by atoms with E-state index in [1.54, 1.807) is 0 Å². The van der Waals surface area contributed by atoms with Gasteiger partial charge in [-0.15, -0.1) is 0 Å². The molecule has 1 rings (SSSR count). The maximum absolute atomic E-state index is 10.2. The van der Waals surface area contributed by atoms with Crippen molar-refractivity contribution in [3.8, 4) is 0 Å². The van der Waals surface area contributed by atoms with Gasteiger partial charge in [0.1, 0.15) is 6.29 Å². The van der Waals surface area contributed by atoms with Crippen LogP contribution in [0.5, 0.6) is 0 Å². The lowest BCUT2D eigenvalue weighted by atomic mass is 9.77. The fourth-order valence-corrected chi connectivity index (χ4v) is 2.82. The third kappa shape index (κ3) is 4.26. The molecular weight excluding hydrogens is 172 g/mol. The van der Waals surface area contributed by atoms with Crippen molar-refractivity contribution in [2.24, 2.45) is 11.8 Å². The molecule has 0 aromatic carbocycles. The van der Waals surface area contributed by atoms with Gasteiger partial charge in [-0.2, -0.15) is 0 Å². The first-order valence-electron chi connectivity index (χ1n) is 6.30. The molecule has 2 atom stereocenters. The van der Waals surface area contributed by atoms with Crippen LogP contribution >= 0.6 is 0 Å². The molecule has 1 aliphatic carbocycles. The molecule has 0 heterocycles. The Morgan fingerprint density at radius 3 is 2.57 bits per heavy atom. The van der Waals surface area contributed by atoms with Gasteiger partial charge in [-0.25, -0.2) is 0 Å². The van der Waals surface area contributed by atoms with Gasteiger partial charge in [0.15, 0.2) is 0 Å². The van der Waals surface area contributed by atoms with Crippen LogP contribution in [0.3, 0.4) is 0 Å². The van der Waals surface area contributed by atoms with Gasteiger partial charge < -0.3 is 4.79 Å². The molecule has 0 aromatic heterocycles.